The number of thiazole rings is 1. The van der Waals surface area contributed by atoms with Crippen LogP contribution in [0.1, 0.15) is 17.3 Å². The van der Waals surface area contributed by atoms with Crippen LogP contribution in [0.4, 0.5) is 10.8 Å². The molecule has 182 valence electrons. The molecule has 0 bridgehead atoms. The summed E-state index contributed by atoms with van der Waals surface area (Å²) in [5.41, 5.74) is 3.31. The summed E-state index contributed by atoms with van der Waals surface area (Å²) in [4.78, 5) is 31.7. The number of aromatic nitrogens is 2. The Balaban J connectivity index is 1.44. The van der Waals surface area contributed by atoms with Gasteiger partial charge in [0.2, 0.25) is 15.9 Å². The number of fused-ring (bicyclic) bond motifs is 1. The quantitative estimate of drug-likeness (QED) is 0.375. The molecule has 0 saturated carbocycles. The standard InChI is InChI=1S/C24H25N5O4S2/c1-4-35(32,33)29-14-19(18-10-5-6-11-21(18)29)23(31)25-13-22(30)27-24-26-20(15-34-24)16-8-7-9-17(12-16)28(2)3/h5-12,14-15H,4,13H2,1-3H3,(H,25,31)(H,26,27,30). The molecule has 2 heterocycles. The molecule has 0 aliphatic rings. The molecule has 4 aromatic rings. The molecule has 0 aliphatic carbocycles. The second kappa shape index (κ2) is 9.88. The summed E-state index contributed by atoms with van der Waals surface area (Å²) in [7, 11) is 0.328. The van der Waals surface area contributed by atoms with Crippen molar-refractivity contribution < 1.29 is 18.0 Å². The monoisotopic (exact) mass is 511 g/mol. The number of benzene rings is 2. The fraction of sp³-hybridized carbons (Fsp3) is 0.208. The molecule has 2 amide bonds. The molecule has 2 aromatic carbocycles. The molecular formula is C24H25N5O4S2. The molecule has 0 spiro atoms. The highest BCUT2D eigenvalue weighted by Crippen LogP contribution is 2.27. The normalized spacial score (nSPS) is 11.4. The summed E-state index contributed by atoms with van der Waals surface area (Å²) in [5.74, 6) is -1.09. The lowest BCUT2D eigenvalue weighted by atomic mass is 10.1. The minimum absolute atomic E-state index is 0.107. The van der Waals surface area contributed by atoms with Gasteiger partial charge in [0.1, 0.15) is 0 Å². The molecule has 9 nitrogen and oxygen atoms in total. The first kappa shape index (κ1) is 24.4. The van der Waals surface area contributed by atoms with Crippen molar-refractivity contribution in [1.82, 2.24) is 14.3 Å². The molecule has 0 saturated heterocycles. The molecule has 0 radical (unpaired) electrons. The first-order valence-corrected chi connectivity index (χ1v) is 13.3. The number of anilines is 2. The van der Waals surface area contributed by atoms with E-state index in [9.17, 15) is 18.0 Å². The van der Waals surface area contributed by atoms with E-state index in [0.717, 1.165) is 20.9 Å². The van der Waals surface area contributed by atoms with Crippen molar-refractivity contribution in [3.8, 4) is 11.3 Å². The average Bonchev–Trinajstić information content (AvgIpc) is 3.48. The van der Waals surface area contributed by atoms with Crippen LogP contribution in [0, 0.1) is 0 Å². The third-order valence-corrected chi connectivity index (χ3v) is 7.79. The Labute approximate surface area is 207 Å². The van der Waals surface area contributed by atoms with E-state index in [1.54, 1.807) is 24.3 Å². The van der Waals surface area contributed by atoms with E-state index in [1.807, 2.05) is 48.6 Å². The fourth-order valence-corrected chi connectivity index (χ4v) is 5.27. The van der Waals surface area contributed by atoms with Gasteiger partial charge in [0.05, 0.1) is 29.1 Å². The van der Waals surface area contributed by atoms with E-state index in [0.29, 0.717) is 16.0 Å². The van der Waals surface area contributed by atoms with Crippen LogP contribution in [-0.4, -0.2) is 55.6 Å². The lowest BCUT2D eigenvalue weighted by Crippen LogP contribution is -2.32. The Kier molecular flexibility index (Phi) is 6.90. The van der Waals surface area contributed by atoms with Gasteiger partial charge in [-0.1, -0.05) is 30.3 Å². The molecule has 35 heavy (non-hydrogen) atoms. The molecule has 0 unspecified atom stereocenters. The van der Waals surface area contributed by atoms with Gasteiger partial charge in [-0.15, -0.1) is 11.3 Å². The van der Waals surface area contributed by atoms with Gasteiger partial charge >= 0.3 is 0 Å². The van der Waals surface area contributed by atoms with Gasteiger partial charge in [0.15, 0.2) is 5.13 Å². The minimum atomic E-state index is -3.59. The van der Waals surface area contributed by atoms with Crippen molar-refractivity contribution in [3.05, 3.63) is 65.7 Å². The van der Waals surface area contributed by atoms with E-state index in [2.05, 4.69) is 15.6 Å². The number of rotatable bonds is 8. The zero-order valence-corrected chi connectivity index (χ0v) is 21.1. The predicted octanol–water partition coefficient (Wildman–Crippen LogP) is 3.40. The number of hydrogen-bond acceptors (Lipinski definition) is 7. The van der Waals surface area contributed by atoms with Crippen molar-refractivity contribution in [2.24, 2.45) is 0 Å². The highest BCUT2D eigenvalue weighted by molar-refractivity contribution is 7.90. The highest BCUT2D eigenvalue weighted by Gasteiger charge is 2.21. The summed E-state index contributed by atoms with van der Waals surface area (Å²) >= 11 is 1.29. The predicted molar refractivity (Wildman–Crippen MR) is 140 cm³/mol. The number of amides is 2. The van der Waals surface area contributed by atoms with Crippen molar-refractivity contribution in [2.45, 2.75) is 6.92 Å². The smallest absolute Gasteiger partial charge is 0.253 e. The summed E-state index contributed by atoms with van der Waals surface area (Å²) in [6.07, 6.45) is 1.30. The van der Waals surface area contributed by atoms with Crippen LogP contribution in [0.3, 0.4) is 0 Å². The highest BCUT2D eigenvalue weighted by atomic mass is 32.2. The van der Waals surface area contributed by atoms with Gasteiger partial charge < -0.3 is 15.5 Å². The second-order valence-electron chi connectivity index (χ2n) is 7.97. The SMILES string of the molecule is CCS(=O)(=O)n1cc(C(=O)NCC(=O)Nc2nc(-c3cccc(N(C)C)c3)cs2)c2ccccc21. The molecule has 0 aliphatic heterocycles. The van der Waals surface area contributed by atoms with Gasteiger partial charge in [0.25, 0.3) is 5.91 Å². The molecular weight excluding hydrogens is 486 g/mol. The summed E-state index contributed by atoms with van der Waals surface area (Å²) in [6, 6.07) is 14.6. The van der Waals surface area contributed by atoms with E-state index in [-0.39, 0.29) is 17.9 Å². The van der Waals surface area contributed by atoms with Crippen LogP contribution in [0.15, 0.2) is 60.1 Å². The third-order valence-electron chi connectivity index (χ3n) is 5.41. The van der Waals surface area contributed by atoms with Crippen LogP contribution in [0.2, 0.25) is 0 Å². The number of nitrogens with one attached hydrogen (secondary N) is 2. The van der Waals surface area contributed by atoms with E-state index in [1.165, 1.54) is 24.5 Å². The summed E-state index contributed by atoms with van der Waals surface area (Å²) < 4.78 is 26.0. The Morgan fingerprint density at radius 2 is 1.89 bits per heavy atom. The van der Waals surface area contributed by atoms with Crippen LogP contribution >= 0.6 is 11.3 Å². The minimum Gasteiger partial charge on any atom is -0.378 e. The van der Waals surface area contributed by atoms with E-state index < -0.39 is 21.8 Å². The third kappa shape index (κ3) is 5.20. The molecule has 4 rings (SSSR count). The zero-order valence-electron chi connectivity index (χ0n) is 19.5. The maximum atomic E-state index is 12.8. The van der Waals surface area contributed by atoms with Gasteiger partial charge in [0, 0.05) is 42.3 Å². The Morgan fingerprint density at radius 3 is 2.63 bits per heavy atom. The maximum Gasteiger partial charge on any atom is 0.253 e. The number of nitrogens with zero attached hydrogens (tertiary/aromatic N) is 3. The fourth-order valence-electron chi connectivity index (χ4n) is 3.53. The van der Waals surface area contributed by atoms with Crippen molar-refractivity contribution >= 4 is 54.9 Å². The van der Waals surface area contributed by atoms with E-state index in [4.69, 9.17) is 0 Å². The number of carbonyl (C=O) groups is 2. The van der Waals surface area contributed by atoms with Crippen LogP contribution in [0.25, 0.3) is 22.2 Å². The molecule has 2 N–H and O–H groups in total. The van der Waals surface area contributed by atoms with Crippen molar-refractivity contribution in [1.29, 1.82) is 0 Å². The van der Waals surface area contributed by atoms with Crippen LogP contribution in [0.5, 0.6) is 0 Å². The Hall–Kier alpha value is -3.70. The van der Waals surface area contributed by atoms with Crippen LogP contribution in [-0.2, 0) is 14.8 Å². The molecule has 11 heteroatoms. The number of para-hydroxylation sites is 1. The molecule has 0 fully saturated rings. The number of carbonyl (C=O) groups excluding carboxylic acids is 2. The van der Waals surface area contributed by atoms with Crippen LogP contribution < -0.4 is 15.5 Å². The maximum absolute atomic E-state index is 12.8. The average molecular weight is 512 g/mol. The second-order valence-corrected chi connectivity index (χ2v) is 11.0. The molecule has 2 aromatic heterocycles. The van der Waals surface area contributed by atoms with Crippen molar-refractivity contribution in [2.75, 3.05) is 36.6 Å². The van der Waals surface area contributed by atoms with Crippen molar-refractivity contribution in [3.63, 3.8) is 0 Å². The molecule has 0 atom stereocenters. The van der Waals surface area contributed by atoms with Gasteiger partial charge in [-0.25, -0.2) is 17.4 Å². The largest absolute Gasteiger partial charge is 0.378 e. The van der Waals surface area contributed by atoms with E-state index >= 15 is 0 Å². The Morgan fingerprint density at radius 1 is 1.11 bits per heavy atom. The topological polar surface area (TPSA) is 113 Å². The zero-order chi connectivity index (χ0) is 25.2. The summed E-state index contributed by atoms with van der Waals surface area (Å²) in [6.45, 7) is 1.25. The lowest BCUT2D eigenvalue weighted by Gasteiger charge is -2.12. The number of hydrogen-bond donors (Lipinski definition) is 2. The first-order chi connectivity index (χ1) is 16.7. The summed E-state index contributed by atoms with van der Waals surface area (Å²) in [5, 5.41) is 8.02. The Bertz CT molecular complexity index is 1510. The van der Waals surface area contributed by atoms with Gasteiger partial charge in [-0.3, -0.25) is 9.59 Å². The van der Waals surface area contributed by atoms with Gasteiger partial charge in [-0.05, 0) is 25.1 Å². The lowest BCUT2D eigenvalue weighted by molar-refractivity contribution is -0.115. The first-order valence-electron chi connectivity index (χ1n) is 10.8. The van der Waals surface area contributed by atoms with Gasteiger partial charge in [-0.2, -0.15) is 0 Å².